The van der Waals surface area contributed by atoms with E-state index >= 15 is 0 Å². The molecular formula is C28H47N3O7S. The molecule has 1 aromatic rings. The highest BCUT2D eigenvalue weighted by Crippen LogP contribution is 2.21. The fraction of sp³-hybridized carbons (Fsp3) is 0.607. The molecule has 0 radical (unpaired) electrons. The molecular weight excluding hydrogens is 522 g/mol. The predicted molar refractivity (Wildman–Crippen MR) is 155 cm³/mol. The van der Waals surface area contributed by atoms with Gasteiger partial charge in [0.05, 0.1) is 11.9 Å². The average Bonchev–Trinajstić information content (AvgIpc) is 2.87. The van der Waals surface area contributed by atoms with Crippen LogP contribution in [-0.2, 0) is 40.1 Å². The quantitative estimate of drug-likeness (QED) is 0.389. The molecule has 1 rings (SSSR count). The molecule has 2 N–H and O–H groups in total. The van der Waals surface area contributed by atoms with Gasteiger partial charge in [0.2, 0.25) is 11.8 Å². The van der Waals surface area contributed by atoms with Crippen LogP contribution in [0.4, 0.5) is 0 Å². The lowest BCUT2D eigenvalue weighted by Gasteiger charge is -2.29. The second-order valence-corrected chi connectivity index (χ2v) is 10.7. The van der Waals surface area contributed by atoms with Crippen molar-refractivity contribution in [3.05, 3.63) is 35.9 Å². The smallest absolute Gasteiger partial charge is 0.328 e. The fourth-order valence-electron chi connectivity index (χ4n) is 2.67. The lowest BCUT2D eigenvalue weighted by atomic mass is 10.0. The zero-order valence-electron chi connectivity index (χ0n) is 25.2. The first-order valence-corrected chi connectivity index (χ1v) is 13.7. The number of benzene rings is 1. The van der Waals surface area contributed by atoms with Crippen LogP contribution in [0, 0.1) is 5.92 Å². The van der Waals surface area contributed by atoms with Gasteiger partial charge >= 0.3 is 5.97 Å². The number of hydrogen-bond donors (Lipinski definition) is 2. The number of amides is 3. The van der Waals surface area contributed by atoms with Crippen molar-refractivity contribution in [2.24, 2.45) is 5.92 Å². The van der Waals surface area contributed by atoms with Crippen LogP contribution >= 0.6 is 11.8 Å². The molecule has 0 heterocycles. The molecule has 3 amide bonds. The summed E-state index contributed by atoms with van der Waals surface area (Å²) in [7, 11) is 4.76. The first-order valence-electron chi connectivity index (χ1n) is 12.8. The second-order valence-electron chi connectivity index (χ2n) is 9.40. The first-order chi connectivity index (χ1) is 18.1. The van der Waals surface area contributed by atoms with Gasteiger partial charge in [-0.15, -0.1) is 0 Å². The van der Waals surface area contributed by atoms with Crippen LogP contribution in [-0.4, -0.2) is 78.3 Å². The van der Waals surface area contributed by atoms with Gasteiger partial charge in [-0.3, -0.25) is 19.2 Å². The summed E-state index contributed by atoms with van der Waals surface area (Å²) in [5.74, 6) is -2.31. The Kier molecular flexibility index (Phi) is 19.7. The monoisotopic (exact) mass is 569 g/mol. The van der Waals surface area contributed by atoms with Gasteiger partial charge in [-0.2, -0.15) is 0 Å². The summed E-state index contributed by atoms with van der Waals surface area (Å²) in [6.07, 6.45) is 0. The number of ether oxygens (including phenoxy) is 2. The Morgan fingerprint density at radius 3 is 1.97 bits per heavy atom. The molecule has 0 fully saturated rings. The Morgan fingerprint density at radius 2 is 1.54 bits per heavy atom. The number of methoxy groups -OCH3 is 1. The van der Waals surface area contributed by atoms with E-state index in [-0.39, 0.29) is 16.9 Å². The van der Waals surface area contributed by atoms with Crippen molar-refractivity contribution in [3.8, 4) is 0 Å². The van der Waals surface area contributed by atoms with Gasteiger partial charge in [0.15, 0.2) is 11.7 Å². The summed E-state index contributed by atoms with van der Waals surface area (Å²) in [4.78, 5) is 61.0. The Labute approximate surface area is 237 Å². The summed E-state index contributed by atoms with van der Waals surface area (Å²) in [5, 5.41) is 4.25. The Bertz CT molecular complexity index is 906. The van der Waals surface area contributed by atoms with Gasteiger partial charge in [-0.05, 0) is 32.3 Å². The molecule has 222 valence electrons. The van der Waals surface area contributed by atoms with Crippen molar-refractivity contribution in [2.45, 2.75) is 78.8 Å². The molecule has 11 heteroatoms. The fourth-order valence-corrected chi connectivity index (χ4v) is 3.47. The maximum Gasteiger partial charge on any atom is 0.328 e. The molecule has 10 nitrogen and oxygen atoms in total. The van der Waals surface area contributed by atoms with Crippen LogP contribution in [0.5, 0.6) is 0 Å². The van der Waals surface area contributed by atoms with Crippen LogP contribution in [0.1, 0.15) is 61.0 Å². The van der Waals surface area contributed by atoms with Gasteiger partial charge in [0, 0.05) is 28.1 Å². The van der Waals surface area contributed by atoms with Crippen molar-refractivity contribution in [1.29, 1.82) is 0 Å². The Morgan fingerprint density at radius 1 is 1.00 bits per heavy atom. The minimum atomic E-state index is -1.32. The number of rotatable bonds is 11. The standard InChI is InChI=1S/C18H31N3O6S.C8H10O.C2H6/c1-10(2)14(28-12(4)22)15(24)20-18(5,6)17(26)19-11(3)16(25)27-9-13(23)21(7)8;1-9-7-8-5-3-2-4-6-8;1-2/h10-11,14H,9H2,1-8H3,(H,19,26)(H,20,24);2-6H,7H2,1H3;1-2H3/t11-,14?;;/m0../s1. The van der Waals surface area contributed by atoms with E-state index in [1.165, 1.54) is 52.3 Å². The Balaban J connectivity index is 0. The number of thioether (sulfide) groups is 1. The van der Waals surface area contributed by atoms with E-state index in [0.717, 1.165) is 11.8 Å². The highest BCUT2D eigenvalue weighted by Gasteiger charge is 2.35. The van der Waals surface area contributed by atoms with E-state index in [0.29, 0.717) is 6.61 Å². The zero-order chi connectivity index (χ0) is 30.8. The Hall–Kier alpha value is -2.92. The number of nitrogens with one attached hydrogen (secondary N) is 2. The highest BCUT2D eigenvalue weighted by molar-refractivity contribution is 8.14. The molecule has 1 aromatic carbocycles. The van der Waals surface area contributed by atoms with Crippen LogP contribution in [0.25, 0.3) is 0 Å². The molecule has 0 bridgehead atoms. The average molecular weight is 570 g/mol. The van der Waals surface area contributed by atoms with Gasteiger partial charge < -0.3 is 25.0 Å². The third-order valence-corrected chi connectivity index (χ3v) is 6.20. The minimum Gasteiger partial charge on any atom is -0.454 e. The molecule has 0 aliphatic rings. The summed E-state index contributed by atoms with van der Waals surface area (Å²) >= 11 is 0.906. The molecule has 0 aliphatic carbocycles. The molecule has 1 unspecified atom stereocenters. The lowest BCUT2D eigenvalue weighted by Crippen LogP contribution is -2.59. The summed E-state index contributed by atoms with van der Waals surface area (Å²) in [6, 6.07) is 9.10. The van der Waals surface area contributed by atoms with Crippen LogP contribution in [0.3, 0.4) is 0 Å². The lowest BCUT2D eigenvalue weighted by molar-refractivity contribution is -0.153. The SMILES string of the molecule is CC.CC(=O)SC(C(=O)NC(C)(C)C(=O)N[C@@H](C)C(=O)OCC(=O)N(C)C)C(C)C.COCc1ccccc1. The van der Waals surface area contributed by atoms with E-state index < -0.39 is 41.2 Å². The van der Waals surface area contributed by atoms with Gasteiger partial charge in [-0.1, -0.05) is 69.8 Å². The van der Waals surface area contributed by atoms with Crippen LogP contribution < -0.4 is 10.6 Å². The normalized spacial score (nSPS) is 11.9. The third kappa shape index (κ3) is 16.6. The number of esters is 1. The van der Waals surface area contributed by atoms with Crippen LogP contribution in [0.15, 0.2) is 30.3 Å². The number of hydrogen-bond acceptors (Lipinski definition) is 8. The topological polar surface area (TPSA) is 131 Å². The van der Waals surface area contributed by atoms with Crippen molar-refractivity contribution < 1.29 is 33.4 Å². The highest BCUT2D eigenvalue weighted by atomic mass is 32.2. The number of carbonyl (C=O) groups excluding carboxylic acids is 5. The molecule has 0 aromatic heterocycles. The molecule has 0 saturated heterocycles. The van der Waals surface area contributed by atoms with E-state index in [1.807, 2.05) is 44.2 Å². The van der Waals surface area contributed by atoms with E-state index in [1.54, 1.807) is 21.0 Å². The summed E-state index contributed by atoms with van der Waals surface area (Å²) in [6.45, 7) is 13.7. The largest absolute Gasteiger partial charge is 0.454 e. The summed E-state index contributed by atoms with van der Waals surface area (Å²) in [5.41, 5.74) is -0.102. The van der Waals surface area contributed by atoms with Gasteiger partial charge in [0.25, 0.3) is 5.91 Å². The van der Waals surface area contributed by atoms with Crippen molar-refractivity contribution in [2.75, 3.05) is 27.8 Å². The first kappa shape index (κ1) is 38.2. The van der Waals surface area contributed by atoms with E-state index in [2.05, 4.69) is 10.6 Å². The van der Waals surface area contributed by atoms with Crippen molar-refractivity contribution in [3.63, 3.8) is 0 Å². The molecule has 0 spiro atoms. The van der Waals surface area contributed by atoms with Crippen molar-refractivity contribution in [1.82, 2.24) is 15.5 Å². The number of carbonyl (C=O) groups is 5. The van der Waals surface area contributed by atoms with Gasteiger partial charge in [-0.25, -0.2) is 4.79 Å². The molecule has 2 atom stereocenters. The third-order valence-electron chi connectivity index (χ3n) is 4.85. The predicted octanol–water partition coefficient (Wildman–Crippen LogP) is 3.18. The number of likely N-dealkylation sites (N-methyl/N-ethyl adjacent to an activating group) is 1. The molecule has 39 heavy (non-hydrogen) atoms. The zero-order valence-corrected chi connectivity index (χ0v) is 26.1. The van der Waals surface area contributed by atoms with Crippen molar-refractivity contribution >= 4 is 40.6 Å². The van der Waals surface area contributed by atoms with E-state index in [4.69, 9.17) is 9.47 Å². The minimum absolute atomic E-state index is 0.115. The maximum absolute atomic E-state index is 12.5. The van der Waals surface area contributed by atoms with Gasteiger partial charge in [0.1, 0.15) is 11.6 Å². The molecule has 0 saturated carbocycles. The van der Waals surface area contributed by atoms with Crippen LogP contribution in [0.2, 0.25) is 0 Å². The number of nitrogens with zero attached hydrogens (tertiary/aromatic N) is 1. The maximum atomic E-state index is 12.5. The second kappa shape index (κ2) is 20.0. The summed E-state index contributed by atoms with van der Waals surface area (Å²) < 4.78 is 9.79. The van der Waals surface area contributed by atoms with E-state index in [9.17, 15) is 24.0 Å². The molecule has 0 aliphatic heterocycles.